The van der Waals surface area contributed by atoms with Crippen LogP contribution >= 0.6 is 0 Å². The summed E-state index contributed by atoms with van der Waals surface area (Å²) in [6.45, 7) is 3.22. The van der Waals surface area contributed by atoms with Crippen molar-refractivity contribution in [1.29, 1.82) is 0 Å². The molecule has 1 aromatic carbocycles. The van der Waals surface area contributed by atoms with Crippen LogP contribution in [0, 0.1) is 0 Å². The van der Waals surface area contributed by atoms with Gasteiger partial charge in [0.05, 0.1) is 23.2 Å². The van der Waals surface area contributed by atoms with Crippen molar-refractivity contribution in [1.82, 2.24) is 10.2 Å². The fourth-order valence-electron chi connectivity index (χ4n) is 3.06. The molecule has 3 amide bonds. The highest BCUT2D eigenvalue weighted by atomic mass is 16.5. The van der Waals surface area contributed by atoms with E-state index in [1.54, 1.807) is 6.07 Å². The largest absolute Gasteiger partial charge is 0.456 e. The minimum atomic E-state index is -0.798. The molecular weight excluding hydrogens is 404 g/mol. The number of nitrogens with zero attached hydrogens (tertiary/aromatic N) is 1. The molecule has 1 aromatic heterocycles. The van der Waals surface area contributed by atoms with Crippen LogP contribution in [0.3, 0.4) is 0 Å². The van der Waals surface area contributed by atoms with Gasteiger partial charge in [0.25, 0.3) is 11.8 Å². The number of esters is 1. The summed E-state index contributed by atoms with van der Waals surface area (Å²) < 4.78 is 10.4. The number of Topliss-reactive ketones (excluding diaryl/α,β-unsaturated/α-hetero) is 1. The topological polar surface area (TPSA) is 123 Å². The number of hydrogen-bond acceptors (Lipinski definition) is 7. The molecule has 31 heavy (non-hydrogen) atoms. The molecule has 1 N–H and O–H groups in total. The lowest BCUT2D eigenvalue weighted by molar-refractivity contribution is -0.119. The predicted octanol–water partition coefficient (Wildman–Crippen LogP) is 2.35. The van der Waals surface area contributed by atoms with Crippen molar-refractivity contribution < 1.29 is 33.1 Å². The smallest absolute Gasteiger partial charge is 0.338 e. The second-order valence-electron chi connectivity index (χ2n) is 7.05. The number of benzene rings is 1. The quantitative estimate of drug-likeness (QED) is 0.371. The maximum absolute atomic E-state index is 12.5. The predicted molar refractivity (Wildman–Crippen MR) is 108 cm³/mol. The van der Waals surface area contributed by atoms with Gasteiger partial charge in [-0.05, 0) is 36.8 Å². The molecule has 1 aliphatic rings. The lowest BCUT2D eigenvalue weighted by Gasteiger charge is -2.12. The lowest BCUT2D eigenvalue weighted by atomic mass is 10.1. The van der Waals surface area contributed by atoms with Gasteiger partial charge in [-0.3, -0.25) is 24.1 Å². The number of fused-ring (bicyclic) bond motifs is 1. The summed E-state index contributed by atoms with van der Waals surface area (Å²) in [6.07, 6.45) is 1.53. The molecule has 0 saturated carbocycles. The van der Waals surface area contributed by atoms with Gasteiger partial charge in [0.1, 0.15) is 5.76 Å². The van der Waals surface area contributed by atoms with E-state index in [2.05, 4.69) is 5.32 Å². The zero-order chi connectivity index (χ0) is 22.5. The van der Waals surface area contributed by atoms with E-state index in [4.69, 9.17) is 9.15 Å². The Balaban J connectivity index is 1.61. The molecule has 0 saturated heterocycles. The Morgan fingerprint density at radius 2 is 1.81 bits per heavy atom. The molecule has 2 heterocycles. The molecule has 0 fully saturated rings. The molecule has 162 valence electrons. The van der Waals surface area contributed by atoms with Crippen molar-refractivity contribution in [2.45, 2.75) is 33.2 Å². The molecule has 3 rings (SSSR count). The number of carbonyl (C=O) groups excluding carboxylic acids is 5. The zero-order valence-electron chi connectivity index (χ0n) is 17.2. The minimum Gasteiger partial charge on any atom is -0.456 e. The molecule has 2 aromatic rings. The van der Waals surface area contributed by atoms with E-state index in [1.165, 1.54) is 36.1 Å². The molecule has 9 heteroatoms. The first-order chi connectivity index (χ1) is 14.8. The summed E-state index contributed by atoms with van der Waals surface area (Å²) in [5.41, 5.74) is 0.461. The summed E-state index contributed by atoms with van der Waals surface area (Å²) in [6, 6.07) is 7.09. The van der Waals surface area contributed by atoms with Crippen molar-refractivity contribution in [3.63, 3.8) is 0 Å². The third kappa shape index (κ3) is 4.88. The van der Waals surface area contributed by atoms with Gasteiger partial charge in [-0.2, -0.15) is 0 Å². The Morgan fingerprint density at radius 1 is 1.06 bits per heavy atom. The number of nitrogens with one attached hydrogen (secondary N) is 1. The number of carbonyl (C=O) groups is 5. The zero-order valence-corrected chi connectivity index (χ0v) is 17.2. The SMILES string of the molecule is CCCCN1C(=O)c2ccc(C(=O)OCC(=O)c3ccc(CNC(C)=O)o3)cc2C1=O. The van der Waals surface area contributed by atoms with E-state index in [0.717, 1.165) is 6.42 Å². The van der Waals surface area contributed by atoms with Crippen LogP contribution in [-0.4, -0.2) is 47.5 Å². The number of ketones is 1. The van der Waals surface area contributed by atoms with Crippen LogP contribution in [0.25, 0.3) is 0 Å². The van der Waals surface area contributed by atoms with E-state index in [9.17, 15) is 24.0 Å². The van der Waals surface area contributed by atoms with Gasteiger partial charge < -0.3 is 14.5 Å². The number of imide groups is 1. The maximum Gasteiger partial charge on any atom is 0.338 e. The Labute approximate surface area is 178 Å². The molecule has 0 radical (unpaired) electrons. The maximum atomic E-state index is 12.5. The summed E-state index contributed by atoms with van der Waals surface area (Å²) in [5, 5.41) is 2.54. The van der Waals surface area contributed by atoms with Gasteiger partial charge in [0.2, 0.25) is 11.7 Å². The number of furan rings is 1. The fourth-order valence-corrected chi connectivity index (χ4v) is 3.06. The highest BCUT2D eigenvalue weighted by Gasteiger charge is 2.35. The molecule has 1 aliphatic heterocycles. The second kappa shape index (κ2) is 9.38. The lowest BCUT2D eigenvalue weighted by Crippen LogP contribution is -2.30. The standard InChI is InChI=1S/C22H22N2O7/c1-3-4-9-24-20(27)16-7-5-14(10-17(16)21(24)28)22(29)30-12-18(26)19-8-6-15(31-19)11-23-13(2)25/h5-8,10H,3-4,9,11-12H2,1-2H3,(H,23,25). The van der Waals surface area contributed by atoms with Crippen molar-refractivity contribution in [3.8, 4) is 0 Å². The van der Waals surface area contributed by atoms with E-state index >= 15 is 0 Å². The molecule has 0 aliphatic carbocycles. The van der Waals surface area contributed by atoms with E-state index < -0.39 is 24.3 Å². The summed E-state index contributed by atoms with van der Waals surface area (Å²) in [7, 11) is 0. The van der Waals surface area contributed by atoms with Crippen LogP contribution in [0.2, 0.25) is 0 Å². The normalized spacial score (nSPS) is 12.6. The Hall–Kier alpha value is -3.75. The highest BCUT2D eigenvalue weighted by molar-refractivity contribution is 6.22. The van der Waals surface area contributed by atoms with E-state index in [-0.39, 0.29) is 40.8 Å². The van der Waals surface area contributed by atoms with E-state index in [1.807, 2.05) is 6.92 Å². The number of amides is 3. The third-order valence-corrected chi connectivity index (χ3v) is 4.72. The fraction of sp³-hybridized carbons (Fsp3) is 0.318. The molecule has 0 spiro atoms. The van der Waals surface area contributed by atoms with Crippen LogP contribution in [0.5, 0.6) is 0 Å². The number of unbranched alkanes of at least 4 members (excludes halogenated alkanes) is 1. The first-order valence-corrected chi connectivity index (χ1v) is 9.85. The van der Waals surface area contributed by atoms with Crippen molar-refractivity contribution in [2.24, 2.45) is 0 Å². The van der Waals surface area contributed by atoms with Crippen LogP contribution in [0.4, 0.5) is 0 Å². The van der Waals surface area contributed by atoms with Crippen LogP contribution in [0.15, 0.2) is 34.7 Å². The van der Waals surface area contributed by atoms with Crippen LogP contribution in [0.1, 0.15) is 74.1 Å². The van der Waals surface area contributed by atoms with Gasteiger partial charge in [0, 0.05) is 13.5 Å². The Kier molecular flexibility index (Phi) is 6.64. The monoisotopic (exact) mass is 426 g/mol. The summed E-state index contributed by atoms with van der Waals surface area (Å²) in [4.78, 5) is 61.5. The third-order valence-electron chi connectivity index (χ3n) is 4.72. The summed E-state index contributed by atoms with van der Waals surface area (Å²) >= 11 is 0. The van der Waals surface area contributed by atoms with Gasteiger partial charge in [-0.25, -0.2) is 4.79 Å². The first-order valence-electron chi connectivity index (χ1n) is 9.85. The van der Waals surface area contributed by atoms with Gasteiger partial charge in [-0.1, -0.05) is 13.3 Å². The van der Waals surface area contributed by atoms with Crippen molar-refractivity contribution >= 4 is 29.5 Å². The molecular formula is C22H22N2O7. The average molecular weight is 426 g/mol. The molecule has 0 unspecified atom stereocenters. The molecule has 0 atom stereocenters. The first kappa shape index (κ1) is 21.9. The molecule has 0 bridgehead atoms. The van der Waals surface area contributed by atoms with Crippen molar-refractivity contribution in [2.75, 3.05) is 13.2 Å². The number of rotatable bonds is 9. The van der Waals surface area contributed by atoms with Gasteiger partial charge >= 0.3 is 5.97 Å². The average Bonchev–Trinajstić information content (AvgIpc) is 3.32. The number of ether oxygens (including phenoxy) is 1. The van der Waals surface area contributed by atoms with E-state index in [0.29, 0.717) is 18.7 Å². The minimum absolute atomic E-state index is 0.00514. The highest BCUT2D eigenvalue weighted by Crippen LogP contribution is 2.24. The van der Waals surface area contributed by atoms with Gasteiger partial charge in [-0.15, -0.1) is 0 Å². The van der Waals surface area contributed by atoms with Gasteiger partial charge in [0.15, 0.2) is 12.4 Å². The molecule has 9 nitrogen and oxygen atoms in total. The van der Waals surface area contributed by atoms with Crippen molar-refractivity contribution in [3.05, 3.63) is 58.5 Å². The Bertz CT molecular complexity index is 1050. The second-order valence-corrected chi connectivity index (χ2v) is 7.05. The van der Waals surface area contributed by atoms with Crippen LogP contribution < -0.4 is 5.32 Å². The van der Waals surface area contributed by atoms with Crippen LogP contribution in [-0.2, 0) is 16.1 Å². The number of hydrogen-bond donors (Lipinski definition) is 1. The Morgan fingerprint density at radius 3 is 2.52 bits per heavy atom. The summed E-state index contributed by atoms with van der Waals surface area (Å²) in [5.74, 6) is -2.03.